The Bertz CT molecular complexity index is 977. The largest absolute Gasteiger partial charge is 0.434 e. The van der Waals surface area contributed by atoms with Gasteiger partial charge in [-0.05, 0) is 23.8 Å². The quantitative estimate of drug-likeness (QED) is 0.638. The number of hydrogen-bond acceptors (Lipinski definition) is 4. The Balaban J connectivity index is 1.83. The van der Waals surface area contributed by atoms with Crippen LogP contribution in [0.1, 0.15) is 21.6 Å². The van der Waals surface area contributed by atoms with Gasteiger partial charge in [0.1, 0.15) is 5.82 Å². The molecule has 144 valence electrons. The Labute approximate surface area is 157 Å². The molecule has 0 saturated carbocycles. The molecule has 0 aliphatic carbocycles. The number of hydrogen-bond donors (Lipinski definition) is 2. The minimum Gasteiger partial charge on any atom is -0.348 e. The van der Waals surface area contributed by atoms with Crippen LogP contribution in [0.25, 0.3) is 0 Å². The lowest BCUT2D eigenvalue weighted by atomic mass is 10.2. The first kappa shape index (κ1) is 19.3. The number of anilines is 2. The monoisotopic (exact) mass is 390 g/mol. The average Bonchev–Trinajstić information content (AvgIpc) is 2.66. The van der Waals surface area contributed by atoms with Crippen molar-refractivity contribution in [3.8, 4) is 0 Å². The van der Waals surface area contributed by atoms with Crippen molar-refractivity contribution in [1.29, 1.82) is 0 Å². The van der Waals surface area contributed by atoms with Gasteiger partial charge in [-0.25, -0.2) is 14.4 Å². The number of halogens is 4. The van der Waals surface area contributed by atoms with Crippen LogP contribution in [0.3, 0.4) is 0 Å². The van der Waals surface area contributed by atoms with Gasteiger partial charge in [-0.1, -0.05) is 36.4 Å². The van der Waals surface area contributed by atoms with Crippen LogP contribution in [0.15, 0.2) is 60.8 Å². The van der Waals surface area contributed by atoms with E-state index in [-0.39, 0.29) is 12.2 Å². The molecular weight excluding hydrogens is 376 g/mol. The molecule has 0 bridgehead atoms. The number of carbonyl (C=O) groups is 1. The van der Waals surface area contributed by atoms with Gasteiger partial charge in [0, 0.05) is 18.4 Å². The van der Waals surface area contributed by atoms with E-state index in [4.69, 9.17) is 0 Å². The second-order valence-corrected chi connectivity index (χ2v) is 5.76. The van der Waals surface area contributed by atoms with Gasteiger partial charge in [-0.3, -0.25) is 4.79 Å². The van der Waals surface area contributed by atoms with E-state index in [0.29, 0.717) is 0 Å². The first-order chi connectivity index (χ1) is 13.3. The van der Waals surface area contributed by atoms with Gasteiger partial charge in [0.25, 0.3) is 5.91 Å². The highest BCUT2D eigenvalue weighted by Crippen LogP contribution is 2.31. The highest BCUT2D eigenvalue weighted by atomic mass is 19.4. The zero-order valence-corrected chi connectivity index (χ0v) is 14.3. The fourth-order valence-corrected chi connectivity index (χ4v) is 2.39. The van der Waals surface area contributed by atoms with Crippen LogP contribution in [0, 0.1) is 5.82 Å². The van der Waals surface area contributed by atoms with Gasteiger partial charge in [0.2, 0.25) is 5.95 Å². The van der Waals surface area contributed by atoms with Crippen LogP contribution in [0.2, 0.25) is 0 Å². The van der Waals surface area contributed by atoms with Crippen molar-refractivity contribution in [1.82, 2.24) is 15.3 Å². The molecule has 1 heterocycles. The maximum atomic E-state index is 13.4. The molecule has 0 radical (unpaired) electrons. The number of aromatic nitrogens is 2. The third kappa shape index (κ3) is 4.81. The molecule has 9 heteroatoms. The van der Waals surface area contributed by atoms with Gasteiger partial charge in [0.05, 0.1) is 5.56 Å². The summed E-state index contributed by atoms with van der Waals surface area (Å²) < 4.78 is 53.4. The summed E-state index contributed by atoms with van der Waals surface area (Å²) in [5.41, 5.74) is -1.18. The molecule has 5 nitrogen and oxygen atoms in total. The normalized spacial score (nSPS) is 11.1. The summed E-state index contributed by atoms with van der Waals surface area (Å²) in [4.78, 5) is 19.4. The minimum absolute atomic E-state index is 0.0558. The van der Waals surface area contributed by atoms with Crippen LogP contribution >= 0.6 is 0 Å². The predicted octanol–water partition coefficient (Wildman–Crippen LogP) is 4.31. The van der Waals surface area contributed by atoms with Crippen molar-refractivity contribution in [2.75, 3.05) is 5.32 Å². The highest BCUT2D eigenvalue weighted by Gasteiger charge is 2.38. The van der Waals surface area contributed by atoms with E-state index in [1.54, 1.807) is 30.3 Å². The summed E-state index contributed by atoms with van der Waals surface area (Å²) in [6.45, 7) is 0.0558. The number of alkyl halides is 3. The van der Waals surface area contributed by atoms with E-state index >= 15 is 0 Å². The van der Waals surface area contributed by atoms with Crippen LogP contribution in [0.4, 0.5) is 29.2 Å². The van der Waals surface area contributed by atoms with Crippen LogP contribution in [-0.2, 0) is 12.7 Å². The van der Waals surface area contributed by atoms with Gasteiger partial charge in [0.15, 0.2) is 5.69 Å². The number of benzene rings is 2. The minimum atomic E-state index is -4.87. The molecule has 0 aliphatic heterocycles. The molecule has 1 amide bonds. The summed E-state index contributed by atoms with van der Waals surface area (Å²) in [6, 6.07) is 13.8. The molecule has 0 spiro atoms. The lowest BCUT2D eigenvalue weighted by molar-refractivity contribution is -0.141. The van der Waals surface area contributed by atoms with Crippen LogP contribution < -0.4 is 10.6 Å². The molecule has 2 aromatic carbocycles. The van der Waals surface area contributed by atoms with E-state index < -0.39 is 35.1 Å². The predicted molar refractivity (Wildman–Crippen MR) is 94.3 cm³/mol. The summed E-state index contributed by atoms with van der Waals surface area (Å²) in [7, 11) is 0. The molecule has 0 atom stereocenters. The molecule has 3 rings (SSSR count). The van der Waals surface area contributed by atoms with E-state index in [9.17, 15) is 22.4 Å². The van der Waals surface area contributed by atoms with Gasteiger partial charge in [-0.2, -0.15) is 13.2 Å². The molecule has 0 unspecified atom stereocenters. The van der Waals surface area contributed by atoms with Gasteiger partial charge < -0.3 is 10.6 Å². The summed E-state index contributed by atoms with van der Waals surface area (Å²) in [5.74, 6) is -1.93. The molecule has 1 aromatic heterocycles. The first-order valence-corrected chi connectivity index (χ1v) is 8.12. The average molecular weight is 390 g/mol. The fraction of sp³-hybridized carbons (Fsp3) is 0.105. The summed E-state index contributed by atoms with van der Waals surface area (Å²) in [5, 5.41) is 4.90. The Morgan fingerprint density at radius 1 is 1.04 bits per heavy atom. The third-order valence-electron chi connectivity index (χ3n) is 3.68. The number of rotatable bonds is 5. The zero-order valence-electron chi connectivity index (χ0n) is 14.3. The Morgan fingerprint density at radius 2 is 1.79 bits per heavy atom. The molecule has 0 fully saturated rings. The standard InChI is InChI=1S/C19H14F4N4O/c20-13-7-4-8-14(9-13)26-18-25-11-15(16(27-18)19(21,22)23)17(28)24-10-12-5-2-1-3-6-12/h1-9,11H,10H2,(H,24,28)(H,25,26,27). The topological polar surface area (TPSA) is 66.9 Å². The van der Waals surface area contributed by atoms with Crippen LogP contribution in [-0.4, -0.2) is 15.9 Å². The molecule has 2 N–H and O–H groups in total. The molecule has 3 aromatic rings. The number of carbonyl (C=O) groups excluding carboxylic acids is 1. The van der Waals surface area contributed by atoms with Crippen molar-refractivity contribution in [3.63, 3.8) is 0 Å². The second-order valence-electron chi connectivity index (χ2n) is 5.76. The molecular formula is C19H14F4N4O. The maximum absolute atomic E-state index is 13.4. The van der Waals surface area contributed by atoms with Gasteiger partial charge in [-0.15, -0.1) is 0 Å². The third-order valence-corrected chi connectivity index (χ3v) is 3.68. The molecule has 28 heavy (non-hydrogen) atoms. The first-order valence-electron chi connectivity index (χ1n) is 8.12. The van der Waals surface area contributed by atoms with Crippen molar-refractivity contribution >= 4 is 17.5 Å². The Morgan fingerprint density at radius 3 is 2.46 bits per heavy atom. The number of nitrogens with zero attached hydrogens (tertiary/aromatic N) is 2. The van der Waals surface area contributed by atoms with Gasteiger partial charge >= 0.3 is 6.18 Å². The SMILES string of the molecule is O=C(NCc1ccccc1)c1cnc(Nc2cccc(F)c2)nc1C(F)(F)F. The summed E-state index contributed by atoms with van der Waals surface area (Å²) in [6.07, 6.45) is -4.08. The Hall–Kier alpha value is -3.49. The number of nitrogens with one attached hydrogen (secondary N) is 2. The van der Waals surface area contributed by atoms with E-state index in [2.05, 4.69) is 20.6 Å². The van der Waals surface area contributed by atoms with Crippen molar-refractivity contribution in [2.45, 2.75) is 12.7 Å². The lowest BCUT2D eigenvalue weighted by Gasteiger charge is -2.13. The van der Waals surface area contributed by atoms with E-state index in [1.807, 2.05) is 0 Å². The summed E-state index contributed by atoms with van der Waals surface area (Å²) >= 11 is 0. The van der Waals surface area contributed by atoms with E-state index in [0.717, 1.165) is 17.8 Å². The molecule has 0 saturated heterocycles. The van der Waals surface area contributed by atoms with Crippen molar-refractivity contribution in [3.05, 3.63) is 83.4 Å². The zero-order chi connectivity index (χ0) is 20.1. The van der Waals surface area contributed by atoms with E-state index in [1.165, 1.54) is 18.2 Å². The van der Waals surface area contributed by atoms with Crippen LogP contribution in [0.5, 0.6) is 0 Å². The second kappa shape index (κ2) is 8.03. The maximum Gasteiger partial charge on any atom is 0.434 e. The smallest absolute Gasteiger partial charge is 0.348 e. The fourth-order valence-electron chi connectivity index (χ4n) is 2.39. The Kier molecular flexibility index (Phi) is 5.53. The number of amides is 1. The molecule has 0 aliphatic rings. The van der Waals surface area contributed by atoms with Crippen molar-refractivity contribution in [2.24, 2.45) is 0 Å². The van der Waals surface area contributed by atoms with Crippen molar-refractivity contribution < 1.29 is 22.4 Å². The lowest BCUT2D eigenvalue weighted by Crippen LogP contribution is -2.27. The highest BCUT2D eigenvalue weighted by molar-refractivity contribution is 5.95.